The maximum atomic E-state index is 12.8. The summed E-state index contributed by atoms with van der Waals surface area (Å²) in [5.74, 6) is 0.977. The van der Waals surface area contributed by atoms with Crippen LogP contribution in [0.3, 0.4) is 0 Å². The number of carbonyl (C=O) groups is 1. The first-order chi connectivity index (χ1) is 13.1. The summed E-state index contributed by atoms with van der Waals surface area (Å²) in [6.07, 6.45) is 1.55. The van der Waals surface area contributed by atoms with E-state index >= 15 is 0 Å². The van der Waals surface area contributed by atoms with Gasteiger partial charge in [0.15, 0.2) is 11.5 Å². The van der Waals surface area contributed by atoms with E-state index in [1.165, 1.54) is 24.9 Å². The molecule has 4 rings (SSSR count). The van der Waals surface area contributed by atoms with Crippen molar-refractivity contribution in [3.05, 3.63) is 39.7 Å². The molecule has 2 aliphatic heterocycles. The van der Waals surface area contributed by atoms with Gasteiger partial charge in [0.05, 0.1) is 29.7 Å². The number of methoxy groups -OCH3 is 1. The van der Waals surface area contributed by atoms with E-state index in [4.69, 9.17) is 9.47 Å². The second kappa shape index (κ2) is 7.32. The lowest BCUT2D eigenvalue weighted by Gasteiger charge is -2.25. The van der Waals surface area contributed by atoms with Gasteiger partial charge in [-0.15, -0.1) is 11.8 Å². The molecule has 0 spiro atoms. The van der Waals surface area contributed by atoms with Gasteiger partial charge in [-0.05, 0) is 30.5 Å². The molecule has 8 nitrogen and oxygen atoms in total. The zero-order valence-corrected chi connectivity index (χ0v) is 15.7. The summed E-state index contributed by atoms with van der Waals surface area (Å²) in [4.78, 5) is 25.1. The number of nitrogens with zero attached hydrogens (tertiary/aromatic N) is 1. The molecular weight excluding hydrogens is 370 g/mol. The number of H-pyrrole nitrogens is 1. The molecule has 144 valence electrons. The largest absolute Gasteiger partial charge is 0.504 e. The summed E-state index contributed by atoms with van der Waals surface area (Å²) in [6.45, 7) is 1.25. The number of aromatic nitrogens is 2. The molecule has 2 aliphatic rings. The van der Waals surface area contributed by atoms with Crippen molar-refractivity contribution in [1.82, 2.24) is 9.78 Å². The van der Waals surface area contributed by atoms with Gasteiger partial charge >= 0.3 is 0 Å². The van der Waals surface area contributed by atoms with E-state index in [1.54, 1.807) is 16.8 Å². The number of rotatable bonds is 3. The Morgan fingerprint density at radius 2 is 2.07 bits per heavy atom. The fourth-order valence-electron chi connectivity index (χ4n) is 3.58. The van der Waals surface area contributed by atoms with Crippen LogP contribution in [0.1, 0.15) is 35.3 Å². The van der Waals surface area contributed by atoms with E-state index in [9.17, 15) is 14.7 Å². The quantitative estimate of drug-likeness (QED) is 0.739. The summed E-state index contributed by atoms with van der Waals surface area (Å²) in [6, 6.07) is 5.07. The molecule has 0 bridgehead atoms. The molecule has 0 aliphatic carbocycles. The zero-order chi connectivity index (χ0) is 19.0. The smallest absolute Gasteiger partial charge is 0.270 e. The SMILES string of the molecule is COc1cc([C@@H]2SCC(=O)Nc3c2c(=O)[nH]n3C2CCOCC2)ccc1O. The van der Waals surface area contributed by atoms with Gasteiger partial charge in [0, 0.05) is 13.2 Å². The topological polar surface area (TPSA) is 106 Å². The number of phenolic OH excluding ortho intramolecular Hbond substituents is 1. The maximum Gasteiger partial charge on any atom is 0.270 e. The van der Waals surface area contributed by atoms with Gasteiger partial charge in [-0.3, -0.25) is 19.4 Å². The van der Waals surface area contributed by atoms with Crippen molar-refractivity contribution in [1.29, 1.82) is 0 Å². The highest BCUT2D eigenvalue weighted by Crippen LogP contribution is 2.43. The van der Waals surface area contributed by atoms with Crippen LogP contribution >= 0.6 is 11.8 Å². The van der Waals surface area contributed by atoms with Crippen LogP contribution in [0, 0.1) is 0 Å². The molecule has 1 saturated heterocycles. The van der Waals surface area contributed by atoms with Crippen molar-refractivity contribution in [2.24, 2.45) is 0 Å². The number of aromatic amines is 1. The van der Waals surface area contributed by atoms with Crippen molar-refractivity contribution in [3.8, 4) is 11.5 Å². The number of aromatic hydroxyl groups is 1. The highest BCUT2D eigenvalue weighted by atomic mass is 32.2. The average Bonchev–Trinajstić information content (AvgIpc) is 2.89. The number of amides is 1. The molecule has 27 heavy (non-hydrogen) atoms. The molecule has 0 radical (unpaired) electrons. The van der Waals surface area contributed by atoms with Crippen LogP contribution in [0.5, 0.6) is 11.5 Å². The van der Waals surface area contributed by atoms with E-state index in [2.05, 4.69) is 10.4 Å². The number of hydrogen-bond acceptors (Lipinski definition) is 6. The van der Waals surface area contributed by atoms with Crippen LogP contribution in [0.25, 0.3) is 0 Å². The van der Waals surface area contributed by atoms with Crippen molar-refractivity contribution in [2.45, 2.75) is 24.1 Å². The Balaban J connectivity index is 1.81. The summed E-state index contributed by atoms with van der Waals surface area (Å²) < 4.78 is 12.4. The van der Waals surface area contributed by atoms with Crippen molar-refractivity contribution in [2.75, 3.05) is 31.4 Å². The lowest BCUT2D eigenvalue weighted by atomic mass is 10.0. The first kappa shape index (κ1) is 18.0. The lowest BCUT2D eigenvalue weighted by molar-refractivity contribution is -0.113. The van der Waals surface area contributed by atoms with Crippen LogP contribution < -0.4 is 15.6 Å². The first-order valence-corrected chi connectivity index (χ1v) is 9.84. The van der Waals surface area contributed by atoms with E-state index in [0.29, 0.717) is 30.3 Å². The van der Waals surface area contributed by atoms with Crippen molar-refractivity contribution >= 4 is 23.5 Å². The highest BCUT2D eigenvalue weighted by molar-refractivity contribution is 8.00. The van der Waals surface area contributed by atoms with Crippen LogP contribution in [0.15, 0.2) is 23.0 Å². The minimum absolute atomic E-state index is 0.0305. The van der Waals surface area contributed by atoms with Gasteiger partial charge in [-0.1, -0.05) is 6.07 Å². The minimum atomic E-state index is -0.349. The van der Waals surface area contributed by atoms with E-state index in [0.717, 1.165) is 18.4 Å². The van der Waals surface area contributed by atoms with Gasteiger partial charge in [-0.2, -0.15) is 0 Å². The molecule has 3 N–H and O–H groups in total. The number of anilines is 1. The number of phenols is 1. The number of nitrogens with one attached hydrogen (secondary N) is 2. The molecule has 3 heterocycles. The van der Waals surface area contributed by atoms with Crippen molar-refractivity contribution in [3.63, 3.8) is 0 Å². The van der Waals surface area contributed by atoms with Gasteiger partial charge < -0.3 is 19.9 Å². The molecule has 2 aromatic rings. The fourth-order valence-corrected chi connectivity index (χ4v) is 4.70. The monoisotopic (exact) mass is 391 g/mol. The number of fused-ring (bicyclic) bond motifs is 1. The van der Waals surface area contributed by atoms with E-state index in [-0.39, 0.29) is 34.3 Å². The predicted octanol–water partition coefficient (Wildman–Crippen LogP) is 2.02. The molecule has 0 saturated carbocycles. The Morgan fingerprint density at radius 1 is 1.30 bits per heavy atom. The number of benzene rings is 1. The summed E-state index contributed by atoms with van der Waals surface area (Å²) >= 11 is 1.38. The Hall–Kier alpha value is -2.39. The van der Waals surface area contributed by atoms with Crippen LogP contribution in [-0.4, -0.2) is 46.9 Å². The second-order valence-electron chi connectivity index (χ2n) is 6.59. The Bertz CT molecular complexity index is 916. The third-order valence-electron chi connectivity index (χ3n) is 4.93. The molecule has 1 fully saturated rings. The summed E-state index contributed by atoms with van der Waals surface area (Å²) in [7, 11) is 1.48. The van der Waals surface area contributed by atoms with Crippen LogP contribution in [-0.2, 0) is 9.53 Å². The summed E-state index contributed by atoms with van der Waals surface area (Å²) in [5.41, 5.74) is 1.09. The third-order valence-corrected chi connectivity index (χ3v) is 6.20. The zero-order valence-electron chi connectivity index (χ0n) is 14.9. The molecule has 1 aromatic heterocycles. The lowest BCUT2D eigenvalue weighted by Crippen LogP contribution is -2.24. The molecular formula is C18H21N3O5S. The number of ether oxygens (including phenoxy) is 2. The first-order valence-electron chi connectivity index (χ1n) is 8.79. The summed E-state index contributed by atoms with van der Waals surface area (Å²) in [5, 5.41) is 15.3. The minimum Gasteiger partial charge on any atom is -0.504 e. The highest BCUT2D eigenvalue weighted by Gasteiger charge is 2.33. The average molecular weight is 391 g/mol. The fraction of sp³-hybridized carbons (Fsp3) is 0.444. The van der Waals surface area contributed by atoms with Gasteiger partial charge in [0.1, 0.15) is 5.82 Å². The molecule has 0 unspecified atom stereocenters. The van der Waals surface area contributed by atoms with E-state index < -0.39 is 0 Å². The Kier molecular flexibility index (Phi) is 4.88. The van der Waals surface area contributed by atoms with Crippen LogP contribution in [0.4, 0.5) is 5.82 Å². The number of hydrogen-bond donors (Lipinski definition) is 3. The normalized spacial score (nSPS) is 20.6. The second-order valence-corrected chi connectivity index (χ2v) is 7.68. The van der Waals surface area contributed by atoms with Gasteiger partial charge in [0.2, 0.25) is 5.91 Å². The maximum absolute atomic E-state index is 12.8. The number of carbonyl (C=O) groups excluding carboxylic acids is 1. The van der Waals surface area contributed by atoms with Crippen LogP contribution in [0.2, 0.25) is 0 Å². The molecule has 1 atom stereocenters. The standard InChI is InChI=1S/C18H21N3O5S/c1-25-13-8-10(2-3-12(13)22)16-15-17(19-14(23)9-27-16)21(20-18(15)24)11-4-6-26-7-5-11/h2-3,8,11,16,22H,4-7,9H2,1H3,(H,19,23)(H,20,24)/t16-/m0/s1. The van der Waals surface area contributed by atoms with Crippen molar-refractivity contribution < 1.29 is 19.4 Å². The Labute approximate surface area is 159 Å². The third kappa shape index (κ3) is 3.32. The van der Waals surface area contributed by atoms with E-state index in [1.807, 2.05) is 0 Å². The van der Waals surface area contributed by atoms with Gasteiger partial charge in [-0.25, -0.2) is 0 Å². The number of thioether (sulfide) groups is 1. The predicted molar refractivity (Wildman–Crippen MR) is 102 cm³/mol. The molecule has 1 aromatic carbocycles. The Morgan fingerprint density at radius 3 is 2.81 bits per heavy atom. The van der Waals surface area contributed by atoms with Gasteiger partial charge in [0.25, 0.3) is 5.56 Å². The molecule has 1 amide bonds. The molecule has 9 heteroatoms.